The number of hydrogen-bond donors (Lipinski definition) is 2. The van der Waals surface area contributed by atoms with E-state index in [1.54, 1.807) is 31.5 Å². The molecule has 1 aliphatic rings. The molecule has 3 unspecified atom stereocenters. The van der Waals surface area contributed by atoms with E-state index in [4.69, 9.17) is 25.8 Å². The lowest BCUT2D eigenvalue weighted by molar-refractivity contribution is -0.149. The summed E-state index contributed by atoms with van der Waals surface area (Å²) in [5.41, 5.74) is 0.455. The van der Waals surface area contributed by atoms with Gasteiger partial charge in [-0.1, -0.05) is 74.4 Å². The van der Waals surface area contributed by atoms with Crippen LogP contribution in [0.25, 0.3) is 0 Å². The Labute approximate surface area is 237 Å². The zero-order chi connectivity index (χ0) is 29.4. The minimum absolute atomic E-state index is 0.0484. The van der Waals surface area contributed by atoms with Crippen LogP contribution < -0.4 is 10.6 Å². The minimum Gasteiger partial charge on any atom is -0.490 e. The second kappa shape index (κ2) is 17.5. The molecular formula is C30H43ClN2O6. The van der Waals surface area contributed by atoms with Crippen molar-refractivity contribution < 1.29 is 28.6 Å². The third-order valence-corrected chi connectivity index (χ3v) is 5.99. The molecule has 0 saturated heterocycles. The topological polar surface area (TPSA) is 103 Å². The highest BCUT2D eigenvalue weighted by molar-refractivity contribution is 6.29. The molecule has 0 radical (unpaired) electrons. The number of ether oxygens (including phenoxy) is 3. The van der Waals surface area contributed by atoms with Gasteiger partial charge in [0.25, 0.3) is 0 Å². The molecule has 1 aliphatic heterocycles. The summed E-state index contributed by atoms with van der Waals surface area (Å²) < 4.78 is 15.7. The van der Waals surface area contributed by atoms with E-state index in [0.29, 0.717) is 30.7 Å². The molecule has 39 heavy (non-hydrogen) atoms. The molecule has 2 amide bonds. The maximum atomic E-state index is 12.8. The predicted octanol–water partition coefficient (Wildman–Crippen LogP) is 5.38. The van der Waals surface area contributed by atoms with Crippen molar-refractivity contribution in [3.8, 4) is 0 Å². The summed E-state index contributed by atoms with van der Waals surface area (Å²) in [6.07, 6.45) is 17.7. The first-order valence-electron chi connectivity index (χ1n) is 12.9. The Bertz CT molecular complexity index is 1010. The number of allylic oxidation sites excluding steroid dienone is 5. The van der Waals surface area contributed by atoms with Gasteiger partial charge in [0.05, 0.1) is 13.2 Å². The molecule has 0 fully saturated rings. The summed E-state index contributed by atoms with van der Waals surface area (Å²) in [6, 6.07) is -0.740. The number of rotatable bonds is 14. The molecule has 1 heterocycles. The molecule has 9 heteroatoms. The Kier molecular flexibility index (Phi) is 15.2. The van der Waals surface area contributed by atoms with E-state index in [-0.39, 0.29) is 29.8 Å². The standard InChI is InChI=1S/C30H43ClN2O6/c1-21(14-16-24-18-19-25(38-7)29(36)39-24)11-8-9-13-26(34)33-27(30(3,4)5)28(35)32-20-10-12-23(37-6)17-15-22(2)31/h8-11,13-15,19-20,23-24,27H,12,16-18H2,1-7H3,(H,32,35)(H,33,34)/b11-8-,13-9-,20-10-,21-14+,22-15+. The summed E-state index contributed by atoms with van der Waals surface area (Å²) in [5, 5.41) is 6.25. The van der Waals surface area contributed by atoms with Crippen LogP contribution in [0.4, 0.5) is 0 Å². The van der Waals surface area contributed by atoms with Gasteiger partial charge in [0.15, 0.2) is 5.76 Å². The van der Waals surface area contributed by atoms with Gasteiger partial charge in [0, 0.05) is 31.1 Å². The summed E-state index contributed by atoms with van der Waals surface area (Å²) >= 11 is 5.87. The summed E-state index contributed by atoms with van der Waals surface area (Å²) in [6.45, 7) is 9.39. The Morgan fingerprint density at radius 1 is 1.15 bits per heavy atom. The van der Waals surface area contributed by atoms with Crippen molar-refractivity contribution in [3.05, 3.63) is 71.2 Å². The van der Waals surface area contributed by atoms with Gasteiger partial charge in [-0.15, -0.1) is 0 Å². The van der Waals surface area contributed by atoms with E-state index < -0.39 is 17.4 Å². The average molecular weight is 563 g/mol. The summed E-state index contributed by atoms with van der Waals surface area (Å²) in [5.74, 6) is -0.901. The molecule has 1 rings (SSSR count). The summed E-state index contributed by atoms with van der Waals surface area (Å²) in [7, 11) is 3.07. The normalized spacial score (nSPS) is 18.7. The van der Waals surface area contributed by atoms with E-state index in [0.717, 1.165) is 5.57 Å². The van der Waals surface area contributed by atoms with E-state index in [2.05, 4.69) is 10.6 Å². The highest BCUT2D eigenvalue weighted by Gasteiger charge is 2.31. The SMILES string of the molecule is COC1=CCC(C/C=C(C)/C=C\C=C/C(=O)NC(C(=O)N/C=C\CC(C/C=C(\C)Cl)OC)C(C)(C)C)OC1=O. The predicted molar refractivity (Wildman–Crippen MR) is 155 cm³/mol. The largest absolute Gasteiger partial charge is 0.490 e. The maximum absolute atomic E-state index is 12.8. The van der Waals surface area contributed by atoms with Crippen LogP contribution >= 0.6 is 11.6 Å². The van der Waals surface area contributed by atoms with Crippen LogP contribution in [0.3, 0.4) is 0 Å². The van der Waals surface area contributed by atoms with Crippen LogP contribution in [0.1, 0.15) is 60.3 Å². The molecule has 0 spiro atoms. The van der Waals surface area contributed by atoms with Crippen LogP contribution in [-0.4, -0.2) is 50.3 Å². The van der Waals surface area contributed by atoms with Crippen molar-refractivity contribution in [2.45, 2.75) is 78.6 Å². The van der Waals surface area contributed by atoms with Crippen molar-refractivity contribution in [2.24, 2.45) is 5.41 Å². The van der Waals surface area contributed by atoms with E-state index in [1.807, 2.05) is 58.9 Å². The number of hydrogen-bond acceptors (Lipinski definition) is 6. The van der Waals surface area contributed by atoms with E-state index in [1.165, 1.54) is 13.2 Å². The first-order chi connectivity index (χ1) is 18.4. The van der Waals surface area contributed by atoms with Gasteiger partial charge in [-0.05, 0) is 44.4 Å². The molecule has 0 aromatic carbocycles. The third-order valence-electron chi connectivity index (χ3n) is 5.83. The van der Waals surface area contributed by atoms with Crippen molar-refractivity contribution in [1.82, 2.24) is 10.6 Å². The molecule has 3 atom stereocenters. The van der Waals surface area contributed by atoms with Gasteiger partial charge in [-0.25, -0.2) is 4.79 Å². The fourth-order valence-corrected chi connectivity index (χ4v) is 3.61. The van der Waals surface area contributed by atoms with Crippen molar-refractivity contribution in [2.75, 3.05) is 14.2 Å². The van der Waals surface area contributed by atoms with Crippen molar-refractivity contribution in [1.29, 1.82) is 0 Å². The van der Waals surface area contributed by atoms with Crippen molar-refractivity contribution >= 4 is 29.4 Å². The number of cyclic esters (lactones) is 1. The summed E-state index contributed by atoms with van der Waals surface area (Å²) in [4.78, 5) is 37.1. The highest BCUT2D eigenvalue weighted by Crippen LogP contribution is 2.20. The zero-order valence-corrected chi connectivity index (χ0v) is 24.8. The average Bonchev–Trinajstić information content (AvgIpc) is 2.87. The van der Waals surface area contributed by atoms with Crippen LogP contribution in [-0.2, 0) is 28.6 Å². The Morgan fingerprint density at radius 2 is 1.85 bits per heavy atom. The van der Waals surface area contributed by atoms with Crippen LogP contribution in [0.2, 0.25) is 0 Å². The Hall–Kier alpha value is -3.10. The number of esters is 1. The fourth-order valence-electron chi connectivity index (χ4n) is 3.52. The lowest BCUT2D eigenvalue weighted by atomic mass is 9.86. The van der Waals surface area contributed by atoms with Gasteiger partial charge < -0.3 is 24.8 Å². The number of nitrogens with one attached hydrogen (secondary N) is 2. The Balaban J connectivity index is 2.60. The van der Waals surface area contributed by atoms with Gasteiger partial charge in [0.1, 0.15) is 12.1 Å². The zero-order valence-electron chi connectivity index (χ0n) is 24.1. The number of halogens is 1. The van der Waals surface area contributed by atoms with Crippen LogP contribution in [0.15, 0.2) is 71.2 Å². The maximum Gasteiger partial charge on any atom is 0.373 e. The van der Waals surface area contributed by atoms with Gasteiger partial charge in [0.2, 0.25) is 11.8 Å². The number of amides is 2. The van der Waals surface area contributed by atoms with Crippen LogP contribution in [0.5, 0.6) is 0 Å². The molecule has 0 aliphatic carbocycles. The van der Waals surface area contributed by atoms with Gasteiger partial charge in [-0.2, -0.15) is 0 Å². The fraction of sp³-hybridized carbons (Fsp3) is 0.500. The second-order valence-corrected chi connectivity index (χ2v) is 10.9. The minimum atomic E-state index is -0.740. The van der Waals surface area contributed by atoms with E-state index in [9.17, 15) is 14.4 Å². The molecule has 0 aromatic rings. The highest BCUT2D eigenvalue weighted by atomic mass is 35.5. The number of carbonyl (C=O) groups excluding carboxylic acids is 3. The van der Waals surface area contributed by atoms with Crippen LogP contribution in [0, 0.1) is 5.41 Å². The van der Waals surface area contributed by atoms with E-state index >= 15 is 0 Å². The van der Waals surface area contributed by atoms with Gasteiger partial charge in [-0.3, -0.25) is 9.59 Å². The molecule has 216 valence electrons. The quantitative estimate of drug-likeness (QED) is 0.167. The number of carbonyl (C=O) groups is 3. The smallest absolute Gasteiger partial charge is 0.373 e. The monoisotopic (exact) mass is 562 g/mol. The molecule has 2 N–H and O–H groups in total. The van der Waals surface area contributed by atoms with Gasteiger partial charge >= 0.3 is 5.97 Å². The molecule has 8 nitrogen and oxygen atoms in total. The Morgan fingerprint density at radius 3 is 2.44 bits per heavy atom. The second-order valence-electron chi connectivity index (χ2n) is 10.3. The lowest BCUT2D eigenvalue weighted by Gasteiger charge is -2.29. The lowest BCUT2D eigenvalue weighted by Crippen LogP contribution is -2.52. The van der Waals surface area contributed by atoms with Crippen molar-refractivity contribution in [3.63, 3.8) is 0 Å². The molecule has 0 bridgehead atoms. The molecule has 0 saturated carbocycles. The number of methoxy groups -OCH3 is 2. The first kappa shape index (κ1) is 33.9. The molecule has 0 aromatic heterocycles. The third kappa shape index (κ3) is 14.0. The molecular weight excluding hydrogens is 520 g/mol. The first-order valence-corrected chi connectivity index (χ1v) is 13.3.